The van der Waals surface area contributed by atoms with E-state index in [1.807, 2.05) is 24.3 Å². The van der Waals surface area contributed by atoms with Gasteiger partial charge in [-0.05, 0) is 11.1 Å². The number of nitrogens with two attached hydrogens (primary N) is 2. The van der Waals surface area contributed by atoms with Crippen molar-refractivity contribution in [2.24, 2.45) is 11.5 Å². The fraction of sp³-hybridized carbons (Fsp3) is 0.125. The molecule has 3 rings (SSSR count). The van der Waals surface area contributed by atoms with E-state index in [4.69, 9.17) is 16.2 Å². The van der Waals surface area contributed by atoms with Gasteiger partial charge in [0.25, 0.3) is 5.91 Å². The molecule has 2 aromatic carbocycles. The molecule has 0 saturated carbocycles. The maximum atomic E-state index is 12.2. The number of carbonyl (C=O) groups is 2. The molecule has 0 bridgehead atoms. The van der Waals surface area contributed by atoms with Crippen molar-refractivity contribution in [3.05, 3.63) is 59.7 Å². The summed E-state index contributed by atoms with van der Waals surface area (Å²) in [6.07, 6.45) is 0. The maximum absolute atomic E-state index is 12.2. The molecule has 0 saturated heterocycles. The van der Waals surface area contributed by atoms with E-state index >= 15 is 0 Å². The van der Waals surface area contributed by atoms with Crippen molar-refractivity contribution in [3.8, 4) is 11.1 Å². The van der Waals surface area contributed by atoms with Crippen LogP contribution in [0, 0.1) is 0 Å². The third kappa shape index (κ3) is 1.82. The maximum Gasteiger partial charge on any atom is 0.259 e. The highest BCUT2D eigenvalue weighted by Gasteiger charge is 2.49. The fourth-order valence-corrected chi connectivity index (χ4v) is 2.87. The predicted molar refractivity (Wildman–Crippen MR) is 77.0 cm³/mol. The van der Waals surface area contributed by atoms with Crippen molar-refractivity contribution < 1.29 is 14.3 Å². The molecule has 106 valence electrons. The molecule has 1 aliphatic carbocycles. The Balaban J connectivity index is 2.28. The lowest BCUT2D eigenvalue weighted by molar-refractivity contribution is -0.143. The van der Waals surface area contributed by atoms with E-state index in [1.165, 1.54) is 0 Å². The first kappa shape index (κ1) is 13.3. The minimum atomic E-state index is -1.47. The van der Waals surface area contributed by atoms with Crippen molar-refractivity contribution in [2.75, 3.05) is 6.61 Å². The molecule has 2 amide bonds. The number of fused-ring (bicyclic) bond motifs is 3. The van der Waals surface area contributed by atoms with E-state index in [0.29, 0.717) is 11.1 Å². The molecular weight excluding hydrogens is 268 g/mol. The molecule has 0 fully saturated rings. The van der Waals surface area contributed by atoms with Crippen molar-refractivity contribution in [3.63, 3.8) is 0 Å². The van der Waals surface area contributed by atoms with Gasteiger partial charge in [-0.15, -0.1) is 0 Å². The minimum Gasteiger partial charge on any atom is -0.368 e. The van der Waals surface area contributed by atoms with Crippen LogP contribution >= 0.6 is 0 Å². The Bertz CT molecular complexity index is 694. The summed E-state index contributed by atoms with van der Waals surface area (Å²) in [6, 6.07) is 14.7. The summed E-state index contributed by atoms with van der Waals surface area (Å²) in [7, 11) is 0. The Morgan fingerprint density at radius 1 is 0.905 bits per heavy atom. The highest BCUT2D eigenvalue weighted by atomic mass is 16.5. The first-order valence-electron chi connectivity index (χ1n) is 6.49. The molecule has 0 atom stereocenters. The largest absolute Gasteiger partial charge is 0.368 e. The summed E-state index contributed by atoms with van der Waals surface area (Å²) < 4.78 is 5.62. The summed E-state index contributed by atoms with van der Waals surface area (Å²) in [5, 5.41) is 0. The van der Waals surface area contributed by atoms with Crippen LogP contribution in [0.15, 0.2) is 48.5 Å². The van der Waals surface area contributed by atoms with E-state index in [-0.39, 0.29) is 6.61 Å². The van der Waals surface area contributed by atoms with Gasteiger partial charge in [0.15, 0.2) is 5.60 Å². The first-order valence-corrected chi connectivity index (χ1v) is 6.49. The average Bonchev–Trinajstić information content (AvgIpc) is 2.77. The molecule has 0 radical (unpaired) electrons. The topological polar surface area (TPSA) is 95.4 Å². The Morgan fingerprint density at radius 2 is 1.38 bits per heavy atom. The number of amides is 2. The van der Waals surface area contributed by atoms with Crippen LogP contribution in [0.1, 0.15) is 11.1 Å². The second kappa shape index (κ2) is 4.71. The number of primary amides is 2. The molecule has 1 aliphatic rings. The molecule has 0 heterocycles. The van der Waals surface area contributed by atoms with E-state index in [1.54, 1.807) is 24.3 Å². The van der Waals surface area contributed by atoms with Gasteiger partial charge in [-0.2, -0.15) is 0 Å². The van der Waals surface area contributed by atoms with Crippen LogP contribution in [0.25, 0.3) is 11.1 Å². The van der Waals surface area contributed by atoms with Gasteiger partial charge in [0.2, 0.25) is 5.91 Å². The van der Waals surface area contributed by atoms with Crippen LogP contribution in [-0.4, -0.2) is 18.4 Å². The number of hydrogen-bond donors (Lipinski definition) is 2. The van der Waals surface area contributed by atoms with Crippen molar-refractivity contribution in [1.29, 1.82) is 0 Å². The minimum absolute atomic E-state index is 0.383. The highest BCUT2D eigenvalue weighted by Crippen LogP contribution is 2.49. The quantitative estimate of drug-likeness (QED) is 0.872. The zero-order chi connectivity index (χ0) is 15.0. The fourth-order valence-electron chi connectivity index (χ4n) is 2.87. The van der Waals surface area contributed by atoms with Crippen LogP contribution < -0.4 is 11.5 Å². The van der Waals surface area contributed by atoms with Crippen molar-refractivity contribution in [2.45, 2.75) is 5.60 Å². The number of carbonyl (C=O) groups excluding carboxylic acids is 2. The molecule has 0 spiro atoms. The molecule has 0 unspecified atom stereocenters. The molecule has 2 aromatic rings. The van der Waals surface area contributed by atoms with Crippen molar-refractivity contribution >= 4 is 11.8 Å². The number of ether oxygens (including phenoxy) is 1. The van der Waals surface area contributed by atoms with Crippen LogP contribution in [-0.2, 0) is 19.9 Å². The summed E-state index contributed by atoms with van der Waals surface area (Å²) in [6.45, 7) is -0.383. The van der Waals surface area contributed by atoms with Gasteiger partial charge in [0, 0.05) is 11.1 Å². The number of rotatable bonds is 4. The average molecular weight is 282 g/mol. The van der Waals surface area contributed by atoms with Crippen LogP contribution in [0.5, 0.6) is 0 Å². The van der Waals surface area contributed by atoms with E-state index in [0.717, 1.165) is 11.1 Å². The van der Waals surface area contributed by atoms with Gasteiger partial charge in [-0.1, -0.05) is 48.5 Å². The molecule has 0 aromatic heterocycles. The molecule has 21 heavy (non-hydrogen) atoms. The smallest absolute Gasteiger partial charge is 0.259 e. The third-order valence-electron chi connectivity index (χ3n) is 3.68. The lowest BCUT2D eigenvalue weighted by atomic mass is 9.90. The van der Waals surface area contributed by atoms with Gasteiger partial charge in [-0.25, -0.2) is 0 Å². The van der Waals surface area contributed by atoms with Crippen LogP contribution in [0.3, 0.4) is 0 Å². The Hall–Kier alpha value is -2.66. The van der Waals surface area contributed by atoms with Crippen LogP contribution in [0.2, 0.25) is 0 Å². The Morgan fingerprint density at radius 3 is 1.81 bits per heavy atom. The zero-order valence-corrected chi connectivity index (χ0v) is 11.2. The SMILES string of the molecule is NC(=O)COC1(C(N)=O)c2ccccc2-c2ccccc21. The lowest BCUT2D eigenvalue weighted by Crippen LogP contribution is -2.44. The lowest BCUT2D eigenvalue weighted by Gasteiger charge is -2.28. The number of hydrogen-bond acceptors (Lipinski definition) is 3. The standard InChI is InChI=1S/C16H14N2O3/c17-14(19)9-21-16(15(18)20)12-7-3-1-5-10(12)11-6-2-4-8-13(11)16/h1-8H,9H2,(H2,17,19)(H2,18,20). The predicted octanol–water partition coefficient (Wildman–Crippen LogP) is 0.898. The van der Waals surface area contributed by atoms with Crippen LogP contribution in [0.4, 0.5) is 0 Å². The van der Waals surface area contributed by atoms with E-state index in [9.17, 15) is 9.59 Å². The number of benzene rings is 2. The highest BCUT2D eigenvalue weighted by molar-refractivity contribution is 5.98. The monoisotopic (exact) mass is 282 g/mol. The summed E-state index contributed by atoms with van der Waals surface area (Å²) >= 11 is 0. The molecular formula is C16H14N2O3. The molecule has 5 nitrogen and oxygen atoms in total. The Labute approximate surface area is 121 Å². The van der Waals surface area contributed by atoms with E-state index < -0.39 is 17.4 Å². The summed E-state index contributed by atoms with van der Waals surface area (Å²) in [4.78, 5) is 23.3. The second-order valence-corrected chi connectivity index (χ2v) is 4.89. The van der Waals surface area contributed by atoms with Gasteiger partial charge in [0.05, 0.1) is 0 Å². The van der Waals surface area contributed by atoms with E-state index in [2.05, 4.69) is 0 Å². The van der Waals surface area contributed by atoms with Crippen molar-refractivity contribution in [1.82, 2.24) is 0 Å². The Kier molecular flexibility index (Phi) is 2.99. The second-order valence-electron chi connectivity index (χ2n) is 4.89. The normalized spacial score (nSPS) is 14.3. The molecule has 0 aliphatic heterocycles. The van der Waals surface area contributed by atoms with Gasteiger partial charge in [-0.3, -0.25) is 9.59 Å². The van der Waals surface area contributed by atoms with Gasteiger partial charge < -0.3 is 16.2 Å². The third-order valence-corrected chi connectivity index (χ3v) is 3.68. The summed E-state index contributed by atoms with van der Waals surface area (Å²) in [5.74, 6) is -1.32. The summed E-state index contributed by atoms with van der Waals surface area (Å²) in [5.41, 5.74) is 12.3. The molecule has 4 N–H and O–H groups in total. The zero-order valence-electron chi connectivity index (χ0n) is 11.2. The van der Waals surface area contributed by atoms with Gasteiger partial charge in [0.1, 0.15) is 6.61 Å². The molecule has 5 heteroatoms. The first-order chi connectivity index (χ1) is 10.1. The van der Waals surface area contributed by atoms with Gasteiger partial charge >= 0.3 is 0 Å².